The molecular formula is C22H20N6O2. The maximum absolute atomic E-state index is 12.4. The Bertz CT molecular complexity index is 1410. The van der Waals surface area contributed by atoms with Crippen molar-refractivity contribution in [3.63, 3.8) is 0 Å². The molecule has 8 heteroatoms. The van der Waals surface area contributed by atoms with Crippen LogP contribution in [0, 0.1) is 0 Å². The van der Waals surface area contributed by atoms with E-state index >= 15 is 0 Å². The molecule has 0 aliphatic carbocycles. The topological polar surface area (TPSA) is 82.0 Å². The van der Waals surface area contributed by atoms with Crippen molar-refractivity contribution in [1.82, 2.24) is 24.3 Å². The second-order valence-corrected chi connectivity index (χ2v) is 7.28. The highest BCUT2D eigenvalue weighted by molar-refractivity contribution is 5.89. The van der Waals surface area contributed by atoms with Gasteiger partial charge < -0.3 is 9.32 Å². The van der Waals surface area contributed by atoms with Crippen LogP contribution in [0.4, 0.5) is 5.82 Å². The summed E-state index contributed by atoms with van der Waals surface area (Å²) in [5.41, 5.74) is 3.19. The summed E-state index contributed by atoms with van der Waals surface area (Å²) in [5.74, 6) is 0.939. The van der Waals surface area contributed by atoms with E-state index < -0.39 is 5.76 Å². The maximum Gasteiger partial charge on any atom is 0.420 e. The predicted octanol–water partition coefficient (Wildman–Crippen LogP) is 2.96. The van der Waals surface area contributed by atoms with Crippen LogP contribution in [0.3, 0.4) is 0 Å². The van der Waals surface area contributed by atoms with Gasteiger partial charge in [0.2, 0.25) is 0 Å². The molecular weight excluding hydrogens is 380 g/mol. The lowest BCUT2D eigenvalue weighted by Crippen LogP contribution is -2.21. The minimum Gasteiger partial charge on any atom is -0.408 e. The smallest absolute Gasteiger partial charge is 0.408 e. The average Bonchev–Trinajstić information content (AvgIpc) is 3.29. The van der Waals surface area contributed by atoms with Crippen molar-refractivity contribution >= 4 is 27.8 Å². The van der Waals surface area contributed by atoms with E-state index in [4.69, 9.17) is 14.4 Å². The van der Waals surface area contributed by atoms with Gasteiger partial charge in [-0.15, -0.1) is 0 Å². The van der Waals surface area contributed by atoms with Gasteiger partial charge in [-0.05, 0) is 24.3 Å². The summed E-state index contributed by atoms with van der Waals surface area (Å²) in [4.78, 5) is 24.0. The van der Waals surface area contributed by atoms with E-state index in [1.54, 1.807) is 15.3 Å². The van der Waals surface area contributed by atoms with Gasteiger partial charge in [0.1, 0.15) is 5.82 Å². The van der Waals surface area contributed by atoms with Gasteiger partial charge in [-0.1, -0.05) is 24.3 Å². The number of oxazole rings is 1. The van der Waals surface area contributed by atoms with Gasteiger partial charge in [0.25, 0.3) is 0 Å². The molecule has 0 amide bonds. The Morgan fingerprint density at radius 1 is 1.07 bits per heavy atom. The molecule has 0 aliphatic rings. The molecule has 2 aromatic carbocycles. The zero-order valence-electron chi connectivity index (χ0n) is 16.7. The normalized spacial score (nSPS) is 11.4. The molecule has 0 spiro atoms. The van der Waals surface area contributed by atoms with Crippen LogP contribution in [0.15, 0.2) is 70.1 Å². The SMILES string of the molecule is CN(Cc1cnn(C)c1)c1nc(Cn2c(=O)oc3ccccc32)nc2ccccc12. The quantitative estimate of drug-likeness (QED) is 0.451. The highest BCUT2D eigenvalue weighted by atomic mass is 16.4. The summed E-state index contributed by atoms with van der Waals surface area (Å²) >= 11 is 0. The van der Waals surface area contributed by atoms with Crippen molar-refractivity contribution < 1.29 is 4.42 Å². The third kappa shape index (κ3) is 3.22. The highest BCUT2D eigenvalue weighted by Gasteiger charge is 2.15. The lowest BCUT2D eigenvalue weighted by atomic mass is 10.2. The van der Waals surface area contributed by atoms with Gasteiger partial charge in [-0.25, -0.2) is 14.8 Å². The molecule has 150 valence electrons. The fraction of sp³-hybridized carbons (Fsp3) is 0.182. The number of nitrogens with zero attached hydrogens (tertiary/aromatic N) is 6. The predicted molar refractivity (Wildman–Crippen MR) is 114 cm³/mol. The van der Waals surface area contributed by atoms with Crippen LogP contribution in [0.1, 0.15) is 11.4 Å². The summed E-state index contributed by atoms with van der Waals surface area (Å²) in [7, 11) is 3.89. The van der Waals surface area contributed by atoms with Gasteiger partial charge in [0.05, 0.1) is 23.8 Å². The van der Waals surface area contributed by atoms with E-state index in [1.807, 2.05) is 69.0 Å². The molecule has 30 heavy (non-hydrogen) atoms. The van der Waals surface area contributed by atoms with Crippen molar-refractivity contribution in [1.29, 1.82) is 0 Å². The zero-order chi connectivity index (χ0) is 20.7. The van der Waals surface area contributed by atoms with Crippen LogP contribution in [-0.2, 0) is 20.1 Å². The Morgan fingerprint density at radius 3 is 2.70 bits per heavy atom. The van der Waals surface area contributed by atoms with Crippen molar-refractivity contribution in [3.05, 3.63) is 82.9 Å². The lowest BCUT2D eigenvalue weighted by Gasteiger charge is -2.20. The number of rotatable bonds is 5. The molecule has 3 heterocycles. The number of fused-ring (bicyclic) bond motifs is 2. The summed E-state index contributed by atoms with van der Waals surface area (Å²) in [6.07, 6.45) is 3.83. The molecule has 0 radical (unpaired) electrons. The molecule has 3 aromatic heterocycles. The van der Waals surface area contributed by atoms with Crippen LogP contribution in [0.5, 0.6) is 0 Å². The standard InChI is InChI=1S/C22H20N6O2/c1-26(12-15-11-23-27(2)13-15)21-16-7-3-4-8-17(16)24-20(25-21)14-28-18-9-5-6-10-19(18)30-22(28)29/h3-11,13H,12,14H2,1-2H3. The second kappa shape index (κ2) is 7.14. The fourth-order valence-corrected chi connectivity index (χ4v) is 3.68. The maximum atomic E-state index is 12.4. The molecule has 0 atom stereocenters. The molecule has 0 saturated carbocycles. The monoisotopic (exact) mass is 400 g/mol. The molecule has 0 N–H and O–H groups in total. The van der Waals surface area contributed by atoms with E-state index in [1.165, 1.54) is 0 Å². The fourth-order valence-electron chi connectivity index (χ4n) is 3.68. The molecule has 0 saturated heterocycles. The number of hydrogen-bond acceptors (Lipinski definition) is 6. The van der Waals surface area contributed by atoms with Crippen molar-refractivity contribution in [2.24, 2.45) is 7.05 Å². The number of benzene rings is 2. The molecule has 0 bridgehead atoms. The van der Waals surface area contributed by atoms with E-state index in [-0.39, 0.29) is 6.54 Å². The van der Waals surface area contributed by atoms with Gasteiger partial charge in [0.15, 0.2) is 11.4 Å². The van der Waals surface area contributed by atoms with Crippen molar-refractivity contribution in [2.75, 3.05) is 11.9 Å². The number of aromatic nitrogens is 5. The third-order valence-electron chi connectivity index (χ3n) is 5.04. The summed E-state index contributed by atoms with van der Waals surface area (Å²) in [5, 5.41) is 5.20. The average molecular weight is 400 g/mol. The molecule has 0 unspecified atom stereocenters. The van der Waals surface area contributed by atoms with Crippen LogP contribution < -0.4 is 10.7 Å². The van der Waals surface area contributed by atoms with Gasteiger partial charge in [-0.3, -0.25) is 9.25 Å². The van der Waals surface area contributed by atoms with Crippen molar-refractivity contribution in [3.8, 4) is 0 Å². The lowest BCUT2D eigenvalue weighted by molar-refractivity contribution is 0.514. The first-order valence-corrected chi connectivity index (χ1v) is 9.61. The Labute approximate surface area is 172 Å². The molecule has 0 aliphatic heterocycles. The summed E-state index contributed by atoms with van der Waals surface area (Å²) in [6.45, 7) is 0.886. The molecule has 8 nitrogen and oxygen atoms in total. The van der Waals surface area contributed by atoms with Crippen LogP contribution in [0.25, 0.3) is 22.0 Å². The van der Waals surface area contributed by atoms with E-state index in [9.17, 15) is 4.79 Å². The Hall–Kier alpha value is -3.94. The van der Waals surface area contributed by atoms with Crippen molar-refractivity contribution in [2.45, 2.75) is 13.1 Å². The number of aryl methyl sites for hydroxylation is 1. The molecule has 0 fully saturated rings. The van der Waals surface area contributed by atoms with Gasteiger partial charge >= 0.3 is 5.76 Å². The number of hydrogen-bond donors (Lipinski definition) is 0. The van der Waals surface area contributed by atoms with E-state index in [2.05, 4.69) is 10.00 Å². The first-order chi connectivity index (χ1) is 14.6. The minimum absolute atomic E-state index is 0.231. The first kappa shape index (κ1) is 18.1. The Balaban J connectivity index is 1.57. The van der Waals surface area contributed by atoms with Crippen LogP contribution >= 0.6 is 0 Å². The minimum atomic E-state index is -0.418. The van der Waals surface area contributed by atoms with Gasteiger partial charge in [-0.2, -0.15) is 5.10 Å². The van der Waals surface area contributed by atoms with E-state index in [0.29, 0.717) is 18.0 Å². The van der Waals surface area contributed by atoms with Crippen LogP contribution in [0.2, 0.25) is 0 Å². The number of anilines is 1. The second-order valence-electron chi connectivity index (χ2n) is 7.28. The largest absolute Gasteiger partial charge is 0.420 e. The molecule has 5 aromatic rings. The third-order valence-corrected chi connectivity index (χ3v) is 5.04. The summed E-state index contributed by atoms with van der Waals surface area (Å²) in [6, 6.07) is 15.2. The summed E-state index contributed by atoms with van der Waals surface area (Å²) < 4.78 is 8.69. The Morgan fingerprint density at radius 2 is 1.87 bits per heavy atom. The Kier molecular flexibility index (Phi) is 4.31. The first-order valence-electron chi connectivity index (χ1n) is 9.61. The molecule has 5 rings (SSSR count). The highest BCUT2D eigenvalue weighted by Crippen LogP contribution is 2.25. The van der Waals surface area contributed by atoms with Gasteiger partial charge in [0, 0.05) is 37.8 Å². The zero-order valence-corrected chi connectivity index (χ0v) is 16.7. The van der Waals surface area contributed by atoms with Crippen LogP contribution in [-0.4, -0.2) is 31.4 Å². The number of para-hydroxylation sites is 3. The van der Waals surface area contributed by atoms with E-state index in [0.717, 1.165) is 27.8 Å².